The third kappa shape index (κ3) is 4.28. The van der Waals surface area contributed by atoms with Gasteiger partial charge in [0.05, 0.1) is 13.0 Å². The van der Waals surface area contributed by atoms with Crippen LogP contribution in [0.1, 0.15) is 24.6 Å². The third-order valence-corrected chi connectivity index (χ3v) is 6.91. The van der Waals surface area contributed by atoms with Crippen LogP contribution in [0.25, 0.3) is 0 Å². The molecule has 0 aliphatic carbocycles. The van der Waals surface area contributed by atoms with Gasteiger partial charge in [-0.25, -0.2) is 8.42 Å². The van der Waals surface area contributed by atoms with Crippen LogP contribution in [-0.4, -0.2) is 51.5 Å². The zero-order chi connectivity index (χ0) is 16.2. The van der Waals surface area contributed by atoms with E-state index in [1.807, 2.05) is 6.92 Å². The summed E-state index contributed by atoms with van der Waals surface area (Å²) in [5.74, 6) is -0.128. The van der Waals surface area contributed by atoms with Crippen LogP contribution in [0, 0.1) is 0 Å². The quantitative estimate of drug-likeness (QED) is 0.806. The second-order valence-electron chi connectivity index (χ2n) is 5.43. The van der Waals surface area contributed by atoms with Gasteiger partial charge in [0.15, 0.2) is 0 Å². The average Bonchev–Trinajstić information content (AvgIpc) is 3.09. The molecule has 124 valence electrons. The van der Waals surface area contributed by atoms with Gasteiger partial charge in [0.25, 0.3) is 10.0 Å². The molecule has 1 aromatic heterocycles. The second kappa shape index (κ2) is 7.54. The van der Waals surface area contributed by atoms with Crippen LogP contribution >= 0.6 is 11.3 Å². The number of carbonyl (C=O) groups is 1. The van der Waals surface area contributed by atoms with Gasteiger partial charge in [-0.1, -0.05) is 0 Å². The molecule has 1 atom stereocenters. The number of carbonyl (C=O) groups excluding carboxylic acids is 1. The summed E-state index contributed by atoms with van der Waals surface area (Å²) in [5, 5.41) is 2.82. The Morgan fingerprint density at radius 1 is 1.41 bits per heavy atom. The Hall–Kier alpha value is -0.960. The molecule has 6 nitrogen and oxygen atoms in total. The number of hydrogen-bond donors (Lipinski definition) is 1. The summed E-state index contributed by atoms with van der Waals surface area (Å²) in [4.78, 5) is 12.6. The zero-order valence-electron chi connectivity index (χ0n) is 12.9. The van der Waals surface area contributed by atoms with E-state index in [1.165, 1.54) is 15.6 Å². The molecular weight excluding hydrogens is 324 g/mol. The molecule has 1 aliphatic heterocycles. The molecule has 0 aromatic carbocycles. The Bertz CT molecular complexity index is 606. The maximum Gasteiger partial charge on any atom is 0.252 e. The number of sulfonamides is 1. The summed E-state index contributed by atoms with van der Waals surface area (Å²) in [6.07, 6.45) is 2.02. The van der Waals surface area contributed by atoms with Crippen LogP contribution in [0.5, 0.6) is 0 Å². The van der Waals surface area contributed by atoms with Crippen molar-refractivity contribution in [1.29, 1.82) is 0 Å². The van der Waals surface area contributed by atoms with Crippen molar-refractivity contribution in [3.63, 3.8) is 0 Å². The van der Waals surface area contributed by atoms with Crippen LogP contribution in [-0.2, 0) is 26.0 Å². The van der Waals surface area contributed by atoms with Crippen molar-refractivity contribution in [2.24, 2.45) is 0 Å². The first-order valence-electron chi connectivity index (χ1n) is 7.30. The summed E-state index contributed by atoms with van der Waals surface area (Å²) < 4.78 is 31.6. The zero-order valence-corrected chi connectivity index (χ0v) is 14.5. The lowest BCUT2D eigenvalue weighted by molar-refractivity contribution is -0.121. The molecule has 0 saturated carbocycles. The fourth-order valence-electron chi connectivity index (χ4n) is 2.42. The van der Waals surface area contributed by atoms with E-state index in [9.17, 15) is 13.2 Å². The SMILES string of the molecule is COCC(C)NC(=O)Cc1ccc(S(=O)(=O)N2CCCC2)s1. The number of methoxy groups -OCH3 is 1. The molecule has 1 N–H and O–H groups in total. The summed E-state index contributed by atoms with van der Waals surface area (Å²) >= 11 is 1.17. The highest BCUT2D eigenvalue weighted by Crippen LogP contribution is 2.27. The number of ether oxygens (including phenoxy) is 1. The highest BCUT2D eigenvalue weighted by Gasteiger charge is 2.28. The van der Waals surface area contributed by atoms with Gasteiger partial charge in [0, 0.05) is 31.1 Å². The van der Waals surface area contributed by atoms with Crippen molar-refractivity contribution in [2.45, 2.75) is 36.4 Å². The van der Waals surface area contributed by atoms with E-state index in [0.717, 1.165) is 17.7 Å². The van der Waals surface area contributed by atoms with Crippen LogP contribution < -0.4 is 5.32 Å². The smallest absolute Gasteiger partial charge is 0.252 e. The molecule has 1 aliphatic rings. The number of rotatable bonds is 7. The van der Waals surface area contributed by atoms with Crippen molar-refractivity contribution in [3.8, 4) is 0 Å². The molecule has 2 heterocycles. The minimum atomic E-state index is -3.39. The van der Waals surface area contributed by atoms with Crippen molar-refractivity contribution in [3.05, 3.63) is 17.0 Å². The minimum absolute atomic E-state index is 0.0646. The fourth-order valence-corrected chi connectivity index (χ4v) is 5.45. The fraction of sp³-hybridized carbons (Fsp3) is 0.643. The van der Waals surface area contributed by atoms with E-state index in [1.54, 1.807) is 19.2 Å². The monoisotopic (exact) mass is 346 g/mol. The Kier molecular flexibility index (Phi) is 5.96. The molecule has 1 fully saturated rings. The van der Waals surface area contributed by atoms with Gasteiger partial charge < -0.3 is 10.1 Å². The van der Waals surface area contributed by atoms with Gasteiger partial charge in [0.2, 0.25) is 5.91 Å². The van der Waals surface area contributed by atoms with Crippen LogP contribution in [0.2, 0.25) is 0 Å². The van der Waals surface area contributed by atoms with E-state index >= 15 is 0 Å². The van der Waals surface area contributed by atoms with E-state index in [0.29, 0.717) is 23.9 Å². The van der Waals surface area contributed by atoms with Gasteiger partial charge in [-0.3, -0.25) is 4.79 Å². The van der Waals surface area contributed by atoms with Gasteiger partial charge >= 0.3 is 0 Å². The first-order valence-corrected chi connectivity index (χ1v) is 9.56. The normalized spacial score (nSPS) is 17.5. The van der Waals surface area contributed by atoms with E-state index < -0.39 is 10.0 Å². The highest BCUT2D eigenvalue weighted by atomic mass is 32.2. The highest BCUT2D eigenvalue weighted by molar-refractivity contribution is 7.91. The van der Waals surface area contributed by atoms with E-state index in [4.69, 9.17) is 4.74 Å². The number of thiophene rings is 1. The first-order chi connectivity index (χ1) is 10.4. The van der Waals surface area contributed by atoms with Crippen molar-refractivity contribution in [1.82, 2.24) is 9.62 Å². The van der Waals surface area contributed by atoms with Crippen molar-refractivity contribution in [2.75, 3.05) is 26.8 Å². The summed E-state index contributed by atoms with van der Waals surface area (Å²) in [6.45, 7) is 3.49. The van der Waals surface area contributed by atoms with E-state index in [2.05, 4.69) is 5.32 Å². The lowest BCUT2D eigenvalue weighted by atomic mass is 10.3. The standard InChI is InChI=1S/C14H22N2O4S2/c1-11(10-20-2)15-13(17)9-12-5-6-14(21-12)22(18,19)16-7-3-4-8-16/h5-6,11H,3-4,7-10H2,1-2H3,(H,15,17). The molecule has 1 saturated heterocycles. The molecule has 2 rings (SSSR count). The molecule has 0 spiro atoms. The molecule has 0 bridgehead atoms. The summed E-state index contributed by atoms with van der Waals surface area (Å²) in [6, 6.07) is 3.25. The van der Waals surface area contributed by atoms with Crippen molar-refractivity contribution < 1.29 is 17.9 Å². The molecule has 22 heavy (non-hydrogen) atoms. The average molecular weight is 346 g/mol. The van der Waals surface area contributed by atoms with Crippen LogP contribution in [0.15, 0.2) is 16.3 Å². The molecule has 1 unspecified atom stereocenters. The van der Waals surface area contributed by atoms with Crippen molar-refractivity contribution >= 4 is 27.3 Å². The molecule has 8 heteroatoms. The van der Waals surface area contributed by atoms with Crippen LogP contribution in [0.4, 0.5) is 0 Å². The van der Waals surface area contributed by atoms with Gasteiger partial charge in [-0.2, -0.15) is 4.31 Å². The summed E-state index contributed by atoms with van der Waals surface area (Å²) in [5.41, 5.74) is 0. The molecular formula is C14H22N2O4S2. The topological polar surface area (TPSA) is 75.7 Å². The maximum atomic E-state index is 12.4. The first kappa shape index (κ1) is 17.4. The van der Waals surface area contributed by atoms with Crippen LogP contribution in [0.3, 0.4) is 0 Å². The third-order valence-electron chi connectivity index (χ3n) is 3.46. The van der Waals surface area contributed by atoms with Gasteiger partial charge in [0.1, 0.15) is 4.21 Å². The second-order valence-corrected chi connectivity index (χ2v) is 8.77. The predicted octanol–water partition coefficient (Wildman–Crippen LogP) is 1.23. The number of hydrogen-bond acceptors (Lipinski definition) is 5. The largest absolute Gasteiger partial charge is 0.383 e. The van der Waals surface area contributed by atoms with E-state index in [-0.39, 0.29) is 18.4 Å². The Morgan fingerprint density at radius 2 is 2.09 bits per heavy atom. The molecule has 1 aromatic rings. The molecule has 0 radical (unpaired) electrons. The lowest BCUT2D eigenvalue weighted by Crippen LogP contribution is -2.36. The lowest BCUT2D eigenvalue weighted by Gasteiger charge is -2.13. The summed E-state index contributed by atoms with van der Waals surface area (Å²) in [7, 11) is -1.80. The molecule has 1 amide bonds. The number of nitrogens with one attached hydrogen (secondary N) is 1. The number of nitrogens with zero attached hydrogens (tertiary/aromatic N) is 1. The Balaban J connectivity index is 1.98. The minimum Gasteiger partial charge on any atom is -0.383 e. The Labute approximate surface area is 135 Å². The van der Waals surface area contributed by atoms with Gasteiger partial charge in [-0.05, 0) is 31.9 Å². The number of amides is 1. The predicted molar refractivity (Wildman–Crippen MR) is 85.5 cm³/mol. The Morgan fingerprint density at radius 3 is 2.73 bits per heavy atom. The van der Waals surface area contributed by atoms with Gasteiger partial charge in [-0.15, -0.1) is 11.3 Å². The maximum absolute atomic E-state index is 12.4.